The monoisotopic (exact) mass is 200 g/mol. The van der Waals surface area contributed by atoms with Gasteiger partial charge in [-0.2, -0.15) is 8.75 Å². The van der Waals surface area contributed by atoms with E-state index in [4.69, 9.17) is 10.4 Å². The van der Waals surface area contributed by atoms with Crippen LogP contribution >= 0.6 is 11.7 Å². The van der Waals surface area contributed by atoms with E-state index >= 15 is 0 Å². The molecule has 0 unspecified atom stereocenters. The van der Waals surface area contributed by atoms with Gasteiger partial charge in [-0.25, -0.2) is 0 Å². The highest BCUT2D eigenvalue weighted by atomic mass is 32.1. The molecule has 7 heteroatoms. The SMILES string of the molecule is C/C(=N\O)c1nsnc1/C(C)=N/O. The van der Waals surface area contributed by atoms with Gasteiger partial charge in [-0.05, 0) is 13.8 Å². The van der Waals surface area contributed by atoms with Gasteiger partial charge in [-0.15, -0.1) is 0 Å². The van der Waals surface area contributed by atoms with Crippen LogP contribution in [0.5, 0.6) is 0 Å². The van der Waals surface area contributed by atoms with Crippen molar-refractivity contribution in [1.29, 1.82) is 0 Å². The smallest absolute Gasteiger partial charge is 0.131 e. The lowest BCUT2D eigenvalue weighted by atomic mass is 10.2. The zero-order chi connectivity index (χ0) is 9.84. The van der Waals surface area contributed by atoms with Gasteiger partial charge >= 0.3 is 0 Å². The van der Waals surface area contributed by atoms with Crippen LogP contribution in [0.15, 0.2) is 10.3 Å². The number of oxime groups is 2. The number of aromatic nitrogens is 2. The Balaban J connectivity index is 3.18. The Hall–Kier alpha value is -1.50. The molecule has 0 aliphatic rings. The predicted octanol–water partition coefficient (Wildman–Crippen LogP) is 0.935. The van der Waals surface area contributed by atoms with Gasteiger partial charge in [0.25, 0.3) is 0 Å². The van der Waals surface area contributed by atoms with E-state index in [1.807, 2.05) is 0 Å². The lowest BCUT2D eigenvalue weighted by molar-refractivity contribution is 0.318. The normalized spacial score (nSPS) is 13.4. The Morgan fingerprint density at radius 1 is 1.08 bits per heavy atom. The molecule has 1 aromatic heterocycles. The van der Waals surface area contributed by atoms with E-state index in [9.17, 15) is 0 Å². The van der Waals surface area contributed by atoms with Crippen LogP contribution in [0.3, 0.4) is 0 Å². The molecule has 6 nitrogen and oxygen atoms in total. The third-order valence-electron chi connectivity index (χ3n) is 1.47. The van der Waals surface area contributed by atoms with Crippen molar-refractivity contribution in [3.8, 4) is 0 Å². The Labute approximate surface area is 78.5 Å². The zero-order valence-corrected chi connectivity index (χ0v) is 7.91. The first-order chi connectivity index (χ1) is 6.20. The first kappa shape index (κ1) is 9.59. The molecular weight excluding hydrogens is 192 g/mol. The van der Waals surface area contributed by atoms with Crippen molar-refractivity contribution in [2.75, 3.05) is 0 Å². The van der Waals surface area contributed by atoms with Crippen LogP contribution in [0.4, 0.5) is 0 Å². The van der Waals surface area contributed by atoms with Gasteiger partial charge in [0.05, 0.1) is 11.7 Å². The highest BCUT2D eigenvalue weighted by molar-refractivity contribution is 6.99. The van der Waals surface area contributed by atoms with Crippen molar-refractivity contribution < 1.29 is 10.4 Å². The Morgan fingerprint density at radius 2 is 1.46 bits per heavy atom. The van der Waals surface area contributed by atoms with E-state index in [0.29, 0.717) is 22.8 Å². The molecule has 2 N–H and O–H groups in total. The number of nitrogens with zero attached hydrogens (tertiary/aromatic N) is 4. The summed E-state index contributed by atoms with van der Waals surface area (Å²) in [6.45, 7) is 3.18. The van der Waals surface area contributed by atoms with Crippen molar-refractivity contribution in [3.05, 3.63) is 11.4 Å². The summed E-state index contributed by atoms with van der Waals surface area (Å²) in [7, 11) is 0. The molecule has 1 aromatic rings. The van der Waals surface area contributed by atoms with Crippen LogP contribution in [0.25, 0.3) is 0 Å². The van der Waals surface area contributed by atoms with Crippen LogP contribution in [-0.2, 0) is 0 Å². The molecule has 0 fully saturated rings. The molecule has 0 bridgehead atoms. The molecule has 0 radical (unpaired) electrons. The molecule has 0 aliphatic heterocycles. The summed E-state index contributed by atoms with van der Waals surface area (Å²) in [5.74, 6) is 0. The molecule has 0 spiro atoms. The van der Waals surface area contributed by atoms with Gasteiger partial charge in [0.15, 0.2) is 0 Å². The molecule has 0 atom stereocenters. The van der Waals surface area contributed by atoms with Gasteiger partial charge in [-0.1, -0.05) is 10.3 Å². The van der Waals surface area contributed by atoms with Crippen LogP contribution in [0.2, 0.25) is 0 Å². The minimum absolute atomic E-state index is 0.340. The van der Waals surface area contributed by atoms with E-state index < -0.39 is 0 Å². The minimum atomic E-state index is 0.340. The van der Waals surface area contributed by atoms with E-state index in [2.05, 4.69) is 19.1 Å². The maximum absolute atomic E-state index is 8.51. The molecule has 13 heavy (non-hydrogen) atoms. The van der Waals surface area contributed by atoms with Crippen LogP contribution in [0, 0.1) is 0 Å². The van der Waals surface area contributed by atoms with Crippen LogP contribution in [0.1, 0.15) is 25.2 Å². The summed E-state index contributed by atoms with van der Waals surface area (Å²) in [6.07, 6.45) is 0. The highest BCUT2D eigenvalue weighted by Gasteiger charge is 2.14. The first-order valence-electron chi connectivity index (χ1n) is 3.41. The average Bonchev–Trinajstić information content (AvgIpc) is 2.63. The fourth-order valence-electron chi connectivity index (χ4n) is 0.758. The summed E-state index contributed by atoms with van der Waals surface area (Å²) < 4.78 is 7.81. The Morgan fingerprint density at radius 3 is 1.77 bits per heavy atom. The molecular formula is C6H8N4O2S. The maximum atomic E-state index is 8.51. The van der Waals surface area contributed by atoms with Gasteiger partial charge in [-0.3, -0.25) is 0 Å². The summed E-state index contributed by atoms with van der Waals surface area (Å²) in [5, 5.41) is 23.0. The number of hydrogen-bond acceptors (Lipinski definition) is 7. The van der Waals surface area contributed by atoms with Crippen LogP contribution < -0.4 is 0 Å². The molecule has 70 valence electrons. The Kier molecular flexibility index (Phi) is 2.91. The number of rotatable bonds is 2. The molecule has 0 saturated heterocycles. The zero-order valence-electron chi connectivity index (χ0n) is 7.09. The first-order valence-corrected chi connectivity index (χ1v) is 4.14. The highest BCUT2D eigenvalue weighted by Crippen LogP contribution is 2.08. The van der Waals surface area contributed by atoms with Crippen molar-refractivity contribution in [1.82, 2.24) is 8.75 Å². The lowest BCUT2D eigenvalue weighted by Crippen LogP contribution is -2.05. The standard InChI is InChI=1S/C6H8N4O2S/c1-3(7-11)5-6(4(2)8-12)10-13-9-5/h11-12H,1-2H3/b7-3+,8-4+. The largest absolute Gasteiger partial charge is 0.411 e. The minimum Gasteiger partial charge on any atom is -0.411 e. The number of hydrogen-bond donors (Lipinski definition) is 2. The molecule has 0 saturated carbocycles. The van der Waals surface area contributed by atoms with Gasteiger partial charge in [0.1, 0.15) is 22.8 Å². The molecule has 1 rings (SSSR count). The quantitative estimate of drug-likeness (QED) is 0.422. The van der Waals surface area contributed by atoms with Gasteiger partial charge < -0.3 is 10.4 Å². The molecule has 0 aromatic carbocycles. The van der Waals surface area contributed by atoms with E-state index in [-0.39, 0.29) is 0 Å². The van der Waals surface area contributed by atoms with Crippen molar-refractivity contribution in [2.45, 2.75) is 13.8 Å². The lowest BCUT2D eigenvalue weighted by Gasteiger charge is -1.95. The van der Waals surface area contributed by atoms with Crippen molar-refractivity contribution in [2.24, 2.45) is 10.3 Å². The summed E-state index contributed by atoms with van der Waals surface area (Å²) in [4.78, 5) is 0. The van der Waals surface area contributed by atoms with E-state index in [1.54, 1.807) is 13.8 Å². The summed E-state index contributed by atoms with van der Waals surface area (Å²) in [5.41, 5.74) is 1.55. The average molecular weight is 200 g/mol. The maximum Gasteiger partial charge on any atom is 0.131 e. The molecule has 0 amide bonds. The Bertz CT molecular complexity index is 325. The fourth-order valence-corrected chi connectivity index (χ4v) is 1.40. The van der Waals surface area contributed by atoms with Gasteiger partial charge in [0, 0.05) is 0 Å². The van der Waals surface area contributed by atoms with Crippen molar-refractivity contribution >= 4 is 23.2 Å². The topological polar surface area (TPSA) is 91.0 Å². The third-order valence-corrected chi connectivity index (χ3v) is 2.00. The van der Waals surface area contributed by atoms with Crippen LogP contribution in [-0.4, -0.2) is 30.6 Å². The fraction of sp³-hybridized carbons (Fsp3) is 0.333. The second-order valence-corrected chi connectivity index (χ2v) is 2.86. The van der Waals surface area contributed by atoms with Crippen molar-refractivity contribution in [3.63, 3.8) is 0 Å². The summed E-state index contributed by atoms with van der Waals surface area (Å²) in [6, 6.07) is 0. The van der Waals surface area contributed by atoms with Gasteiger partial charge in [0.2, 0.25) is 0 Å². The second kappa shape index (κ2) is 3.94. The van der Waals surface area contributed by atoms with E-state index in [0.717, 1.165) is 11.7 Å². The second-order valence-electron chi connectivity index (χ2n) is 2.33. The molecule has 1 heterocycles. The molecule has 0 aliphatic carbocycles. The van der Waals surface area contributed by atoms with E-state index in [1.165, 1.54) is 0 Å². The third kappa shape index (κ3) is 1.81. The predicted molar refractivity (Wildman–Crippen MR) is 47.9 cm³/mol. The summed E-state index contributed by atoms with van der Waals surface area (Å²) >= 11 is 0.970.